The van der Waals surface area contributed by atoms with Crippen LogP contribution in [0.1, 0.15) is 26.7 Å². The fraction of sp³-hybridized carbons (Fsp3) is 0.150. The summed E-state index contributed by atoms with van der Waals surface area (Å²) in [6.07, 6.45) is 3.75. The van der Waals surface area contributed by atoms with Crippen LogP contribution in [0.2, 0.25) is 17.3 Å². The first-order chi connectivity index (χ1) is 22.0. The Kier molecular flexibility index (Phi) is 9.93. The number of halogens is 1. The molecule has 0 spiro atoms. The van der Waals surface area contributed by atoms with Crippen LogP contribution in [0, 0.1) is 17.9 Å². The van der Waals surface area contributed by atoms with Gasteiger partial charge >= 0.3 is 99.8 Å². The molecule has 0 saturated carbocycles. The van der Waals surface area contributed by atoms with Crippen LogP contribution in [0.5, 0.6) is 0 Å². The van der Waals surface area contributed by atoms with Crippen molar-refractivity contribution in [3.8, 4) is 33.6 Å². The molecule has 3 heterocycles. The topological polar surface area (TPSA) is 38.9 Å². The number of rotatable bonds is 5. The van der Waals surface area contributed by atoms with Gasteiger partial charge in [0.1, 0.15) is 11.4 Å². The summed E-state index contributed by atoms with van der Waals surface area (Å²) < 4.78 is 30.2. The van der Waals surface area contributed by atoms with Gasteiger partial charge in [0.15, 0.2) is 0 Å². The van der Waals surface area contributed by atoms with Crippen LogP contribution < -0.4 is 4.40 Å². The van der Waals surface area contributed by atoms with E-state index in [0.29, 0.717) is 22.4 Å². The monoisotopic (exact) mass is 846 g/mol. The molecule has 6 heteroatoms. The molecule has 3 nitrogen and oxygen atoms in total. The van der Waals surface area contributed by atoms with E-state index in [1.54, 1.807) is 18.3 Å². The summed E-state index contributed by atoms with van der Waals surface area (Å²) in [5.41, 5.74) is 7.09. The molecule has 0 N–H and O–H groups in total. The van der Waals surface area contributed by atoms with E-state index in [-0.39, 0.29) is 25.9 Å². The van der Waals surface area contributed by atoms with Crippen LogP contribution in [-0.2, 0) is 20.1 Å². The van der Waals surface area contributed by atoms with Crippen molar-refractivity contribution in [1.29, 1.82) is 0 Å². The van der Waals surface area contributed by atoms with Crippen molar-refractivity contribution in [2.75, 3.05) is 0 Å². The molecule has 0 aliphatic rings. The van der Waals surface area contributed by atoms with Crippen LogP contribution in [-0.4, -0.2) is 23.2 Å². The number of aromatic nitrogens is 2. The Balaban J connectivity index is 0.000000217. The SMILES string of the molecule is [2H]C(C)(C)c1ccnc(-c2[c-]ccc3c2oc2cc(-c4ccccc4F)ccc23)c1.[CH3][Ge]([CH3])([CH3])[c]1ccc(-c2[c-]cccc2)nc1.[Ir]. The molecule has 3 aromatic heterocycles. The van der Waals surface area contributed by atoms with Gasteiger partial charge in [-0.05, 0) is 35.4 Å². The van der Waals surface area contributed by atoms with Crippen LogP contribution in [0.25, 0.3) is 55.6 Å². The van der Waals surface area contributed by atoms with E-state index in [1.807, 2.05) is 92.8 Å². The van der Waals surface area contributed by atoms with E-state index in [2.05, 4.69) is 51.5 Å². The molecule has 0 saturated heterocycles. The molecule has 0 aliphatic carbocycles. The number of pyridine rings is 2. The molecule has 0 aliphatic heterocycles. The van der Waals surface area contributed by atoms with E-state index in [1.165, 1.54) is 10.5 Å². The molecule has 0 bridgehead atoms. The second-order valence-electron chi connectivity index (χ2n) is 12.3. The molecular weight excluding hydrogens is 808 g/mol. The molecule has 1 radical (unpaired) electrons. The summed E-state index contributed by atoms with van der Waals surface area (Å²) in [5.74, 6) is 6.15. The van der Waals surface area contributed by atoms with Gasteiger partial charge in [0.25, 0.3) is 0 Å². The van der Waals surface area contributed by atoms with Gasteiger partial charge in [0.2, 0.25) is 0 Å². The van der Waals surface area contributed by atoms with Crippen molar-refractivity contribution >= 4 is 39.6 Å². The van der Waals surface area contributed by atoms with Crippen LogP contribution >= 0.6 is 0 Å². The summed E-state index contributed by atoms with van der Waals surface area (Å²) in [6.45, 7) is 3.70. The van der Waals surface area contributed by atoms with Gasteiger partial charge in [-0.1, -0.05) is 66.8 Å². The summed E-state index contributed by atoms with van der Waals surface area (Å²) in [7, 11) is 0. The minimum atomic E-state index is -1.72. The molecule has 0 fully saturated rings. The fourth-order valence-corrected chi connectivity index (χ4v) is 7.39. The van der Waals surface area contributed by atoms with Crippen molar-refractivity contribution in [2.45, 2.75) is 37.0 Å². The van der Waals surface area contributed by atoms with Crippen molar-refractivity contribution in [3.05, 3.63) is 139 Å². The maximum Gasteiger partial charge on any atom is 0 e. The van der Waals surface area contributed by atoms with Crippen molar-refractivity contribution in [3.63, 3.8) is 0 Å². The predicted molar refractivity (Wildman–Crippen MR) is 187 cm³/mol. The zero-order valence-corrected chi connectivity index (χ0v) is 31.0. The Labute approximate surface area is 288 Å². The van der Waals surface area contributed by atoms with Gasteiger partial charge in [0, 0.05) is 38.6 Å². The summed E-state index contributed by atoms with van der Waals surface area (Å²) in [5, 5.41) is 1.91. The average Bonchev–Trinajstić information content (AvgIpc) is 3.43. The zero-order valence-electron chi connectivity index (χ0n) is 27.5. The van der Waals surface area contributed by atoms with Crippen molar-refractivity contribution in [1.82, 2.24) is 9.97 Å². The Bertz CT molecular complexity index is 2140. The molecule has 233 valence electrons. The number of fused-ring (bicyclic) bond motifs is 3. The molecule has 4 aromatic carbocycles. The summed E-state index contributed by atoms with van der Waals surface area (Å²) in [6, 6.07) is 38.8. The van der Waals surface area contributed by atoms with E-state index in [0.717, 1.165) is 38.7 Å². The molecule has 7 rings (SSSR count). The van der Waals surface area contributed by atoms with E-state index >= 15 is 0 Å². The van der Waals surface area contributed by atoms with Crippen LogP contribution in [0.3, 0.4) is 0 Å². The van der Waals surface area contributed by atoms with Crippen LogP contribution in [0.15, 0.2) is 120 Å². The maximum absolute atomic E-state index is 14.2. The smallest absolute Gasteiger partial charge is 0 e. The average molecular weight is 845 g/mol. The standard InChI is InChI=1S/C26H19FNO.C14H16GeN.Ir/c1-16(2)17-12-13-28-24(14-17)22-8-5-7-21-20-11-10-18(15-25(20)29-26(21)22)19-6-3-4-9-23(19)27;1-15(2,3)13-9-10-14(16-11-13)12-7-5-4-6-8-12;/h3-7,9-16H,1-2H3;4-7,9-11H,1-3H3;/q2*-1;/i16D;;. The largest absolute Gasteiger partial charge is 0 e. The number of hydrogen-bond donors (Lipinski definition) is 0. The Hall–Kier alpha value is -3.90. The predicted octanol–water partition coefficient (Wildman–Crippen LogP) is 10.5. The van der Waals surface area contributed by atoms with Crippen molar-refractivity contribution in [2.24, 2.45) is 0 Å². The minimum Gasteiger partial charge on any atom is 0 e. The molecule has 0 amide bonds. The van der Waals surface area contributed by atoms with Gasteiger partial charge < -0.3 is 9.40 Å². The Morgan fingerprint density at radius 2 is 1.61 bits per heavy atom. The summed E-state index contributed by atoms with van der Waals surface area (Å²) in [4.78, 5) is 9.03. The zero-order chi connectivity index (χ0) is 32.5. The Morgan fingerprint density at radius 3 is 2.30 bits per heavy atom. The summed E-state index contributed by atoms with van der Waals surface area (Å²) >= 11 is -1.72. The third kappa shape index (κ3) is 7.23. The maximum atomic E-state index is 14.2. The first-order valence-corrected chi connectivity index (χ1v) is 22.4. The number of furan rings is 1. The quantitative estimate of drug-likeness (QED) is 0.128. The number of benzene rings is 4. The fourth-order valence-electron chi connectivity index (χ4n) is 5.22. The normalized spacial score (nSPS) is 11.8. The first-order valence-electron chi connectivity index (χ1n) is 15.5. The second-order valence-corrected chi connectivity index (χ2v) is 22.9. The van der Waals surface area contributed by atoms with Gasteiger partial charge in [-0.2, -0.15) is 0 Å². The second kappa shape index (κ2) is 14.3. The van der Waals surface area contributed by atoms with E-state index in [9.17, 15) is 4.39 Å². The molecule has 0 atom stereocenters. The first kappa shape index (κ1) is 32.1. The van der Waals surface area contributed by atoms with E-state index < -0.39 is 19.2 Å². The van der Waals surface area contributed by atoms with Gasteiger partial charge in [-0.15, -0.1) is 18.2 Å². The third-order valence-corrected chi connectivity index (χ3v) is 12.1. The minimum absolute atomic E-state index is 0. The molecular formula is C40H35FGeIrN2O-2. The van der Waals surface area contributed by atoms with Gasteiger partial charge in [-0.3, -0.25) is 0 Å². The van der Waals surface area contributed by atoms with Crippen molar-refractivity contribution < 1.29 is 30.3 Å². The van der Waals surface area contributed by atoms with Gasteiger partial charge in [-0.25, -0.2) is 4.39 Å². The Morgan fingerprint density at radius 1 is 0.804 bits per heavy atom. The molecule has 0 unspecified atom stereocenters. The van der Waals surface area contributed by atoms with Crippen LogP contribution in [0.4, 0.5) is 4.39 Å². The number of hydrogen-bond acceptors (Lipinski definition) is 3. The molecule has 7 aromatic rings. The third-order valence-electron chi connectivity index (χ3n) is 7.83. The van der Waals surface area contributed by atoms with Gasteiger partial charge in [0.05, 0.1) is 5.58 Å². The number of nitrogens with zero attached hydrogens (tertiary/aromatic N) is 2. The molecule has 46 heavy (non-hydrogen) atoms. The van der Waals surface area contributed by atoms with E-state index in [4.69, 9.17) is 5.79 Å².